The van der Waals surface area contributed by atoms with Crippen LogP contribution in [-0.4, -0.2) is 42.4 Å². The van der Waals surface area contributed by atoms with Crippen LogP contribution in [0.25, 0.3) is 0 Å². The summed E-state index contributed by atoms with van der Waals surface area (Å²) in [5.74, 6) is 0.146. The molecule has 0 radical (unpaired) electrons. The number of carbonyl (C=O) groups is 1. The number of nitrogens with one attached hydrogen (secondary N) is 1. The third-order valence-electron chi connectivity index (χ3n) is 2.84. The Hall–Kier alpha value is -2.26. The van der Waals surface area contributed by atoms with Gasteiger partial charge in [0.1, 0.15) is 16.7 Å². The highest BCUT2D eigenvalue weighted by Gasteiger charge is 2.18. The van der Waals surface area contributed by atoms with Crippen LogP contribution in [-0.2, 0) is 4.74 Å². The average molecular weight is 324 g/mol. The normalized spacial score (nSPS) is 11.8. The number of methoxy groups -OCH3 is 3. The highest BCUT2D eigenvalue weighted by Crippen LogP contribution is 2.25. The second kappa shape index (κ2) is 7.14. The number of amides is 1. The summed E-state index contributed by atoms with van der Waals surface area (Å²) in [5, 5.41) is 11.6. The molecule has 118 valence electrons. The summed E-state index contributed by atoms with van der Waals surface area (Å²) in [4.78, 5) is 16.3. The highest BCUT2D eigenvalue weighted by atomic mass is 32.1. The molecular formula is C13H16N4O4S. The van der Waals surface area contributed by atoms with Crippen LogP contribution in [0.15, 0.2) is 12.1 Å². The van der Waals surface area contributed by atoms with Gasteiger partial charge < -0.3 is 14.2 Å². The van der Waals surface area contributed by atoms with Gasteiger partial charge in [0.05, 0.1) is 14.2 Å². The minimum absolute atomic E-state index is 0.173. The van der Waals surface area contributed by atoms with Crippen LogP contribution in [0.1, 0.15) is 28.4 Å². The van der Waals surface area contributed by atoms with Crippen molar-refractivity contribution >= 4 is 22.4 Å². The van der Waals surface area contributed by atoms with Gasteiger partial charge >= 0.3 is 0 Å². The molecule has 0 spiro atoms. The van der Waals surface area contributed by atoms with Crippen molar-refractivity contribution < 1.29 is 19.0 Å². The van der Waals surface area contributed by atoms with E-state index in [2.05, 4.69) is 20.5 Å². The molecule has 0 aliphatic carbocycles. The van der Waals surface area contributed by atoms with Crippen LogP contribution in [0, 0.1) is 0 Å². The van der Waals surface area contributed by atoms with Crippen LogP contribution in [0.4, 0.5) is 5.13 Å². The first kappa shape index (κ1) is 16.1. The Morgan fingerprint density at radius 2 is 2.00 bits per heavy atom. The Balaban J connectivity index is 2.17. The Morgan fingerprint density at radius 1 is 1.23 bits per heavy atom. The number of rotatable bonds is 6. The lowest BCUT2D eigenvalue weighted by atomic mass is 10.2. The summed E-state index contributed by atoms with van der Waals surface area (Å²) in [7, 11) is 4.50. The zero-order valence-electron chi connectivity index (χ0n) is 12.6. The van der Waals surface area contributed by atoms with Crippen molar-refractivity contribution in [1.82, 2.24) is 15.2 Å². The molecule has 0 fully saturated rings. The summed E-state index contributed by atoms with van der Waals surface area (Å²) < 4.78 is 15.3. The molecule has 0 aromatic carbocycles. The van der Waals surface area contributed by atoms with Gasteiger partial charge in [0.25, 0.3) is 5.91 Å². The van der Waals surface area contributed by atoms with Gasteiger partial charge in [-0.3, -0.25) is 10.1 Å². The van der Waals surface area contributed by atoms with Crippen molar-refractivity contribution in [1.29, 1.82) is 0 Å². The number of anilines is 1. The fourth-order valence-electron chi connectivity index (χ4n) is 1.58. The summed E-state index contributed by atoms with van der Waals surface area (Å²) >= 11 is 1.24. The number of carbonyl (C=O) groups excluding carboxylic acids is 1. The Kier molecular flexibility index (Phi) is 5.23. The van der Waals surface area contributed by atoms with E-state index in [1.54, 1.807) is 19.2 Å². The summed E-state index contributed by atoms with van der Waals surface area (Å²) in [6, 6.07) is 3.15. The quantitative estimate of drug-likeness (QED) is 0.867. The molecule has 9 heteroatoms. The van der Waals surface area contributed by atoms with E-state index in [4.69, 9.17) is 14.2 Å². The standard InChI is InChI=1S/C13H16N4O4S/c1-7(19-2)12-16-17-13(22-12)15-10(18)8-5-6-9(20-3)14-11(8)21-4/h5-7H,1-4H3,(H,15,17,18). The van der Waals surface area contributed by atoms with Crippen LogP contribution < -0.4 is 14.8 Å². The fourth-order valence-corrected chi connectivity index (χ4v) is 2.35. The first-order chi connectivity index (χ1) is 10.6. The van der Waals surface area contributed by atoms with Gasteiger partial charge in [0, 0.05) is 13.2 Å². The number of hydrogen-bond donors (Lipinski definition) is 1. The minimum atomic E-state index is -0.389. The summed E-state index contributed by atoms with van der Waals surface area (Å²) in [6.07, 6.45) is -0.180. The monoisotopic (exact) mass is 324 g/mol. The van der Waals surface area contributed by atoms with Gasteiger partial charge in [0.15, 0.2) is 0 Å². The zero-order valence-corrected chi connectivity index (χ0v) is 13.4. The molecule has 2 rings (SSSR count). The maximum atomic E-state index is 12.3. The third kappa shape index (κ3) is 3.49. The number of aromatic nitrogens is 3. The van der Waals surface area contributed by atoms with E-state index in [9.17, 15) is 4.79 Å². The Labute approximate surface area is 131 Å². The Bertz CT molecular complexity index is 661. The predicted molar refractivity (Wildman–Crippen MR) is 80.6 cm³/mol. The number of pyridine rings is 1. The molecule has 0 saturated heterocycles. The summed E-state index contributed by atoms with van der Waals surface area (Å²) in [6.45, 7) is 1.85. The van der Waals surface area contributed by atoms with Gasteiger partial charge in [-0.15, -0.1) is 10.2 Å². The van der Waals surface area contributed by atoms with Crippen LogP contribution in [0.2, 0.25) is 0 Å². The van der Waals surface area contributed by atoms with Crippen molar-refractivity contribution in [3.63, 3.8) is 0 Å². The third-order valence-corrected chi connectivity index (χ3v) is 3.84. The van der Waals surface area contributed by atoms with Crippen molar-refractivity contribution in [2.45, 2.75) is 13.0 Å². The van der Waals surface area contributed by atoms with Crippen molar-refractivity contribution in [2.24, 2.45) is 0 Å². The topological polar surface area (TPSA) is 95.5 Å². The van der Waals surface area contributed by atoms with Gasteiger partial charge in [-0.1, -0.05) is 11.3 Å². The van der Waals surface area contributed by atoms with Gasteiger partial charge in [-0.05, 0) is 13.0 Å². The van der Waals surface area contributed by atoms with Crippen LogP contribution in [0.3, 0.4) is 0 Å². The number of hydrogen-bond acceptors (Lipinski definition) is 8. The van der Waals surface area contributed by atoms with Gasteiger partial charge in [0.2, 0.25) is 16.9 Å². The lowest BCUT2D eigenvalue weighted by Gasteiger charge is -2.08. The van der Waals surface area contributed by atoms with Crippen molar-refractivity contribution in [3.05, 3.63) is 22.7 Å². The van der Waals surface area contributed by atoms with Crippen molar-refractivity contribution in [2.75, 3.05) is 26.6 Å². The van der Waals surface area contributed by atoms with Gasteiger partial charge in [-0.2, -0.15) is 4.98 Å². The van der Waals surface area contributed by atoms with E-state index in [0.717, 1.165) is 0 Å². The molecule has 1 atom stereocenters. The lowest BCUT2D eigenvalue weighted by Crippen LogP contribution is -2.14. The SMILES string of the molecule is COc1ccc(C(=O)Nc2nnc(C(C)OC)s2)c(OC)n1. The smallest absolute Gasteiger partial charge is 0.262 e. The molecule has 1 N–H and O–H groups in total. The molecular weight excluding hydrogens is 308 g/mol. The predicted octanol–water partition coefficient (Wildman–Crippen LogP) is 1.91. The van der Waals surface area contributed by atoms with Gasteiger partial charge in [-0.25, -0.2) is 0 Å². The van der Waals surface area contributed by atoms with E-state index in [1.165, 1.54) is 25.6 Å². The fraction of sp³-hybridized carbons (Fsp3) is 0.385. The molecule has 0 aliphatic rings. The Morgan fingerprint density at radius 3 is 2.64 bits per heavy atom. The minimum Gasteiger partial charge on any atom is -0.481 e. The first-order valence-electron chi connectivity index (χ1n) is 6.35. The molecule has 2 heterocycles. The van der Waals surface area contributed by atoms with E-state index in [0.29, 0.717) is 16.0 Å². The lowest BCUT2D eigenvalue weighted by molar-refractivity contribution is 0.102. The average Bonchev–Trinajstić information content (AvgIpc) is 3.01. The van der Waals surface area contributed by atoms with E-state index >= 15 is 0 Å². The molecule has 2 aromatic heterocycles. The molecule has 0 bridgehead atoms. The van der Waals surface area contributed by atoms with Crippen LogP contribution >= 0.6 is 11.3 Å². The molecule has 1 unspecified atom stereocenters. The van der Waals surface area contributed by atoms with E-state index < -0.39 is 0 Å². The highest BCUT2D eigenvalue weighted by molar-refractivity contribution is 7.15. The molecule has 0 saturated carbocycles. The second-order valence-electron chi connectivity index (χ2n) is 4.19. The first-order valence-corrected chi connectivity index (χ1v) is 7.17. The number of nitrogens with zero attached hydrogens (tertiary/aromatic N) is 3. The van der Waals surface area contributed by atoms with E-state index in [1.807, 2.05) is 6.92 Å². The molecule has 8 nitrogen and oxygen atoms in total. The number of ether oxygens (including phenoxy) is 3. The largest absolute Gasteiger partial charge is 0.481 e. The second-order valence-corrected chi connectivity index (χ2v) is 5.20. The van der Waals surface area contributed by atoms with E-state index in [-0.39, 0.29) is 23.5 Å². The zero-order chi connectivity index (χ0) is 16.1. The molecule has 1 amide bonds. The molecule has 2 aromatic rings. The maximum absolute atomic E-state index is 12.3. The maximum Gasteiger partial charge on any atom is 0.262 e. The van der Waals surface area contributed by atoms with Crippen molar-refractivity contribution in [3.8, 4) is 11.8 Å². The molecule has 22 heavy (non-hydrogen) atoms. The van der Waals surface area contributed by atoms with Crippen LogP contribution in [0.5, 0.6) is 11.8 Å². The summed E-state index contributed by atoms with van der Waals surface area (Å²) in [5.41, 5.74) is 0.278. The molecule has 0 aliphatic heterocycles.